The second kappa shape index (κ2) is 5.79. The maximum absolute atomic E-state index is 11.2. The molecule has 2 rings (SSSR count). The van der Waals surface area contributed by atoms with Crippen molar-refractivity contribution in [2.75, 3.05) is 25.6 Å². The van der Waals surface area contributed by atoms with E-state index in [-0.39, 0.29) is 17.8 Å². The third-order valence-corrected chi connectivity index (χ3v) is 3.71. The fourth-order valence-electron chi connectivity index (χ4n) is 1.81. The topological polar surface area (TPSA) is 78.6 Å². The number of benzene rings is 1. The van der Waals surface area contributed by atoms with Gasteiger partial charge in [0.15, 0.2) is 0 Å². The molecule has 1 aliphatic heterocycles. The predicted molar refractivity (Wildman–Crippen MR) is 67.7 cm³/mol. The van der Waals surface area contributed by atoms with Gasteiger partial charge < -0.3 is 9.47 Å². The minimum absolute atomic E-state index is 0.0803. The minimum atomic E-state index is -3.52. The van der Waals surface area contributed by atoms with E-state index in [1.54, 1.807) is 0 Å². The maximum Gasteiger partial charge on any atom is 0.209 e. The lowest BCUT2D eigenvalue weighted by molar-refractivity contribution is -0.131. The van der Waals surface area contributed by atoms with Gasteiger partial charge in [-0.3, -0.25) is 0 Å². The molecule has 1 atom stereocenters. The minimum Gasteiger partial charge on any atom is -0.376 e. The lowest BCUT2D eigenvalue weighted by Crippen LogP contribution is -2.38. The van der Waals surface area contributed by atoms with Crippen LogP contribution in [0.15, 0.2) is 30.3 Å². The molecule has 1 heterocycles. The first-order valence-electron chi connectivity index (χ1n) is 5.79. The smallest absolute Gasteiger partial charge is 0.209 e. The number of primary sulfonamides is 1. The van der Waals surface area contributed by atoms with Gasteiger partial charge in [-0.15, -0.1) is 0 Å². The number of hydrogen-bond donors (Lipinski definition) is 1. The van der Waals surface area contributed by atoms with Gasteiger partial charge >= 0.3 is 0 Å². The third kappa shape index (κ3) is 4.06. The molecule has 0 amide bonds. The fourth-order valence-corrected chi connectivity index (χ4v) is 2.66. The summed E-state index contributed by atoms with van der Waals surface area (Å²) in [5.74, 6) is -0.341. The molecule has 1 aliphatic rings. The third-order valence-electron chi connectivity index (χ3n) is 2.85. The molecular weight excluding hydrogens is 254 g/mol. The van der Waals surface area contributed by atoms with E-state index in [4.69, 9.17) is 14.6 Å². The van der Waals surface area contributed by atoms with Crippen molar-refractivity contribution in [3.05, 3.63) is 35.9 Å². The number of nitrogens with two attached hydrogens (primary N) is 1. The second-order valence-electron chi connectivity index (χ2n) is 4.43. The summed E-state index contributed by atoms with van der Waals surface area (Å²) in [5.41, 5.74) is 0.923. The summed E-state index contributed by atoms with van der Waals surface area (Å²) >= 11 is 0. The number of ether oxygens (including phenoxy) is 2. The Bertz CT molecular complexity index is 470. The van der Waals surface area contributed by atoms with Crippen molar-refractivity contribution >= 4 is 10.0 Å². The highest BCUT2D eigenvalue weighted by molar-refractivity contribution is 7.89. The van der Waals surface area contributed by atoms with Gasteiger partial charge in [0, 0.05) is 5.92 Å². The van der Waals surface area contributed by atoms with E-state index in [9.17, 15) is 8.42 Å². The summed E-state index contributed by atoms with van der Waals surface area (Å²) in [7, 11) is -3.52. The van der Waals surface area contributed by atoms with Crippen molar-refractivity contribution in [1.29, 1.82) is 0 Å². The molecule has 0 spiro atoms. The first-order valence-corrected chi connectivity index (χ1v) is 7.51. The van der Waals surface area contributed by atoms with Crippen LogP contribution in [0.2, 0.25) is 0 Å². The summed E-state index contributed by atoms with van der Waals surface area (Å²) in [5, 5.41) is 5.12. The molecule has 1 aromatic carbocycles. The van der Waals surface area contributed by atoms with Crippen LogP contribution in [0.25, 0.3) is 0 Å². The monoisotopic (exact) mass is 271 g/mol. The zero-order valence-electron chi connectivity index (χ0n) is 9.99. The van der Waals surface area contributed by atoms with Crippen LogP contribution < -0.4 is 5.14 Å². The van der Waals surface area contributed by atoms with Crippen LogP contribution in [0.3, 0.4) is 0 Å². The molecule has 2 N–H and O–H groups in total. The van der Waals surface area contributed by atoms with Crippen molar-refractivity contribution in [3.63, 3.8) is 0 Å². The van der Waals surface area contributed by atoms with Gasteiger partial charge in [0.05, 0.1) is 25.6 Å². The van der Waals surface area contributed by atoms with Crippen LogP contribution in [0, 0.1) is 0 Å². The first-order chi connectivity index (χ1) is 8.54. The Morgan fingerprint density at radius 3 is 2.50 bits per heavy atom. The Labute approximate surface area is 107 Å². The number of hydrogen-bond acceptors (Lipinski definition) is 4. The van der Waals surface area contributed by atoms with Crippen molar-refractivity contribution in [3.8, 4) is 0 Å². The molecule has 18 heavy (non-hydrogen) atoms. The molecule has 6 heteroatoms. The van der Waals surface area contributed by atoms with Gasteiger partial charge in [0.1, 0.15) is 6.10 Å². The summed E-state index contributed by atoms with van der Waals surface area (Å²) in [6, 6.07) is 9.40. The number of rotatable bonds is 6. The predicted octanol–water partition coefficient (Wildman–Crippen LogP) is 0.474. The van der Waals surface area contributed by atoms with E-state index >= 15 is 0 Å². The molecule has 0 bridgehead atoms. The Hall–Kier alpha value is -0.950. The average Bonchev–Trinajstić information content (AvgIpc) is 2.25. The molecule has 0 aromatic heterocycles. The Morgan fingerprint density at radius 2 is 2.00 bits per heavy atom. The maximum atomic E-state index is 11.2. The molecule has 0 radical (unpaired) electrons. The van der Waals surface area contributed by atoms with Crippen molar-refractivity contribution in [2.45, 2.75) is 12.0 Å². The van der Waals surface area contributed by atoms with E-state index in [1.165, 1.54) is 0 Å². The van der Waals surface area contributed by atoms with E-state index in [2.05, 4.69) is 0 Å². The summed E-state index contributed by atoms with van der Waals surface area (Å²) in [6.07, 6.45) is 0.0803. The van der Waals surface area contributed by atoms with Crippen molar-refractivity contribution in [2.24, 2.45) is 5.14 Å². The first kappa shape index (κ1) is 13.5. The van der Waals surface area contributed by atoms with Crippen molar-refractivity contribution < 1.29 is 17.9 Å². The Kier molecular flexibility index (Phi) is 4.34. The average molecular weight is 271 g/mol. The summed E-state index contributed by atoms with van der Waals surface area (Å²) < 4.78 is 33.1. The van der Waals surface area contributed by atoms with E-state index in [1.807, 2.05) is 30.3 Å². The van der Waals surface area contributed by atoms with Crippen LogP contribution in [-0.4, -0.2) is 40.1 Å². The van der Waals surface area contributed by atoms with Gasteiger partial charge in [-0.2, -0.15) is 0 Å². The second-order valence-corrected chi connectivity index (χ2v) is 6.09. The van der Waals surface area contributed by atoms with Crippen LogP contribution in [-0.2, 0) is 19.5 Å². The van der Waals surface area contributed by atoms with Gasteiger partial charge in [0.25, 0.3) is 0 Å². The highest BCUT2D eigenvalue weighted by Crippen LogP contribution is 2.19. The fraction of sp³-hybridized carbons (Fsp3) is 0.500. The van der Waals surface area contributed by atoms with Crippen LogP contribution >= 0.6 is 0 Å². The normalized spacial score (nSPS) is 18.3. The zero-order chi connectivity index (χ0) is 13.0. The van der Waals surface area contributed by atoms with E-state index in [0.717, 1.165) is 5.56 Å². The lowest BCUT2D eigenvalue weighted by atomic mass is 10.0. The largest absolute Gasteiger partial charge is 0.376 e. The molecule has 1 fully saturated rings. The van der Waals surface area contributed by atoms with Crippen LogP contribution in [0.1, 0.15) is 11.5 Å². The highest BCUT2D eigenvalue weighted by Gasteiger charge is 2.23. The van der Waals surface area contributed by atoms with Crippen LogP contribution in [0.4, 0.5) is 0 Å². The number of sulfonamides is 1. The molecule has 1 unspecified atom stereocenters. The molecular formula is C12H17NO4S. The Morgan fingerprint density at radius 1 is 1.33 bits per heavy atom. The standard InChI is InChI=1S/C12H17NO4S/c13-18(14,15)9-11(6-17-12-7-16-8-12)10-4-2-1-3-5-10/h1-5,11-12H,6-9H2,(H2,13,14,15). The van der Waals surface area contributed by atoms with Gasteiger partial charge in [-0.05, 0) is 5.56 Å². The quantitative estimate of drug-likeness (QED) is 0.816. The van der Waals surface area contributed by atoms with Gasteiger partial charge in [0.2, 0.25) is 10.0 Å². The Balaban J connectivity index is 2.02. The molecule has 0 saturated carbocycles. The summed E-state index contributed by atoms with van der Waals surface area (Å²) in [4.78, 5) is 0. The molecule has 0 aliphatic carbocycles. The molecule has 1 aromatic rings. The highest BCUT2D eigenvalue weighted by atomic mass is 32.2. The van der Waals surface area contributed by atoms with Crippen molar-refractivity contribution in [1.82, 2.24) is 0 Å². The van der Waals surface area contributed by atoms with Crippen LogP contribution in [0.5, 0.6) is 0 Å². The molecule has 1 saturated heterocycles. The molecule has 100 valence electrons. The zero-order valence-corrected chi connectivity index (χ0v) is 10.8. The molecule has 5 nitrogen and oxygen atoms in total. The van der Waals surface area contributed by atoms with Gasteiger partial charge in [-0.1, -0.05) is 30.3 Å². The van der Waals surface area contributed by atoms with Gasteiger partial charge in [-0.25, -0.2) is 13.6 Å². The lowest BCUT2D eigenvalue weighted by Gasteiger charge is -2.28. The summed E-state index contributed by atoms with van der Waals surface area (Å²) in [6.45, 7) is 1.50. The SMILES string of the molecule is NS(=O)(=O)CC(COC1COC1)c1ccccc1. The van der Waals surface area contributed by atoms with E-state index < -0.39 is 10.0 Å². The van der Waals surface area contributed by atoms with E-state index in [0.29, 0.717) is 19.8 Å².